The van der Waals surface area contributed by atoms with Crippen LogP contribution in [0.1, 0.15) is 11.5 Å². The molecule has 1 heterocycles. The van der Waals surface area contributed by atoms with E-state index in [9.17, 15) is 0 Å². The summed E-state index contributed by atoms with van der Waals surface area (Å²) in [6.45, 7) is 0.605. The lowest BCUT2D eigenvalue weighted by molar-refractivity contribution is 0.579. The molecule has 0 aliphatic heterocycles. The molecule has 0 saturated carbocycles. The molecular weight excluding hydrogens is 186 g/mol. The fraction of sp³-hybridized carbons (Fsp3) is 0.167. The third kappa shape index (κ3) is 2.23. The third-order valence-corrected chi connectivity index (χ3v) is 2.29. The van der Waals surface area contributed by atoms with Crippen LogP contribution in [0.15, 0.2) is 48.8 Å². The predicted molar refractivity (Wildman–Crippen MR) is 57.0 cm³/mol. The second kappa shape index (κ2) is 4.43. The summed E-state index contributed by atoms with van der Waals surface area (Å²) in [6.07, 6.45) is 3.59. The first-order valence-corrected chi connectivity index (χ1v) is 4.82. The van der Waals surface area contributed by atoms with Crippen LogP contribution in [0.3, 0.4) is 0 Å². The summed E-state index contributed by atoms with van der Waals surface area (Å²) >= 11 is 0. The average Bonchev–Trinajstić information content (AvgIpc) is 2.80. The van der Waals surface area contributed by atoms with E-state index in [-0.39, 0.29) is 5.92 Å². The molecule has 74 valence electrons. The number of nitrogens with zero attached hydrogens (tertiary/aromatic N) is 3. The first-order valence-electron chi connectivity index (χ1n) is 4.82. The van der Waals surface area contributed by atoms with Gasteiger partial charge in [0, 0.05) is 12.4 Å². The average molecular weight is 197 g/mol. The minimum absolute atomic E-state index is 0.133. The van der Waals surface area contributed by atoms with Gasteiger partial charge < -0.3 is 0 Å². The Morgan fingerprint density at radius 2 is 2.07 bits per heavy atom. The maximum atomic E-state index is 9.09. The predicted octanol–water partition coefficient (Wildman–Crippen LogP) is 2.19. The van der Waals surface area contributed by atoms with Crippen LogP contribution in [-0.4, -0.2) is 9.78 Å². The van der Waals surface area contributed by atoms with Crippen molar-refractivity contribution in [1.82, 2.24) is 9.78 Å². The zero-order valence-electron chi connectivity index (χ0n) is 8.24. The molecule has 0 N–H and O–H groups in total. The highest BCUT2D eigenvalue weighted by Crippen LogP contribution is 2.15. The van der Waals surface area contributed by atoms with Gasteiger partial charge in [-0.25, -0.2) is 0 Å². The van der Waals surface area contributed by atoms with Crippen molar-refractivity contribution in [2.75, 3.05) is 0 Å². The van der Waals surface area contributed by atoms with Crippen molar-refractivity contribution < 1.29 is 0 Å². The second-order valence-corrected chi connectivity index (χ2v) is 3.32. The largest absolute Gasteiger partial charge is 0.271 e. The minimum atomic E-state index is -0.133. The van der Waals surface area contributed by atoms with Crippen LogP contribution in [0.2, 0.25) is 0 Å². The van der Waals surface area contributed by atoms with Gasteiger partial charge in [0.25, 0.3) is 0 Å². The Morgan fingerprint density at radius 3 is 2.67 bits per heavy atom. The van der Waals surface area contributed by atoms with Crippen LogP contribution in [0.25, 0.3) is 0 Å². The van der Waals surface area contributed by atoms with Crippen LogP contribution in [-0.2, 0) is 6.54 Å². The summed E-state index contributed by atoms with van der Waals surface area (Å²) in [5.41, 5.74) is 1.04. The highest BCUT2D eigenvalue weighted by Gasteiger charge is 2.10. The second-order valence-electron chi connectivity index (χ2n) is 3.32. The van der Waals surface area contributed by atoms with Crippen LogP contribution in [0, 0.1) is 11.3 Å². The summed E-state index contributed by atoms with van der Waals surface area (Å²) in [4.78, 5) is 0. The van der Waals surface area contributed by atoms with Crippen molar-refractivity contribution in [2.45, 2.75) is 12.5 Å². The highest BCUT2D eigenvalue weighted by molar-refractivity contribution is 5.24. The third-order valence-electron chi connectivity index (χ3n) is 2.29. The lowest BCUT2D eigenvalue weighted by atomic mass is 10.0. The van der Waals surface area contributed by atoms with Crippen molar-refractivity contribution in [1.29, 1.82) is 5.26 Å². The maximum Gasteiger partial charge on any atom is 0.0908 e. The molecule has 0 spiro atoms. The van der Waals surface area contributed by atoms with E-state index in [1.54, 1.807) is 10.9 Å². The van der Waals surface area contributed by atoms with Crippen LogP contribution in [0.4, 0.5) is 0 Å². The van der Waals surface area contributed by atoms with Crippen molar-refractivity contribution in [2.24, 2.45) is 0 Å². The molecule has 1 unspecified atom stereocenters. The monoisotopic (exact) mass is 197 g/mol. The molecule has 0 aliphatic carbocycles. The first-order chi connectivity index (χ1) is 7.40. The molecule has 0 amide bonds. The molecule has 0 bridgehead atoms. The van der Waals surface area contributed by atoms with E-state index in [0.29, 0.717) is 6.54 Å². The lowest BCUT2D eigenvalue weighted by Gasteiger charge is -2.08. The van der Waals surface area contributed by atoms with E-state index in [0.717, 1.165) is 5.56 Å². The number of nitriles is 1. The van der Waals surface area contributed by atoms with E-state index < -0.39 is 0 Å². The topological polar surface area (TPSA) is 41.6 Å². The summed E-state index contributed by atoms with van der Waals surface area (Å²) in [5.74, 6) is -0.133. The zero-order valence-corrected chi connectivity index (χ0v) is 8.24. The molecule has 3 heteroatoms. The van der Waals surface area contributed by atoms with Gasteiger partial charge >= 0.3 is 0 Å². The standard InChI is InChI=1S/C12H11N3/c13-9-12(10-15-8-4-7-14-15)11-5-2-1-3-6-11/h1-8,12H,10H2. The Kier molecular flexibility index (Phi) is 2.80. The Balaban J connectivity index is 2.16. The molecule has 1 atom stereocenters. The van der Waals surface area contributed by atoms with E-state index in [1.807, 2.05) is 42.6 Å². The van der Waals surface area contributed by atoms with Crippen molar-refractivity contribution >= 4 is 0 Å². The number of rotatable bonds is 3. The van der Waals surface area contributed by atoms with Crippen molar-refractivity contribution in [3.63, 3.8) is 0 Å². The van der Waals surface area contributed by atoms with Gasteiger partial charge in [0.2, 0.25) is 0 Å². The van der Waals surface area contributed by atoms with Gasteiger partial charge in [-0.05, 0) is 11.6 Å². The molecular formula is C12H11N3. The highest BCUT2D eigenvalue weighted by atomic mass is 15.3. The van der Waals surface area contributed by atoms with Crippen molar-refractivity contribution in [3.05, 3.63) is 54.4 Å². The van der Waals surface area contributed by atoms with Gasteiger partial charge in [0.1, 0.15) is 0 Å². The molecule has 0 radical (unpaired) electrons. The van der Waals surface area contributed by atoms with E-state index in [4.69, 9.17) is 5.26 Å². The van der Waals surface area contributed by atoms with Crippen LogP contribution < -0.4 is 0 Å². The van der Waals surface area contributed by atoms with Gasteiger partial charge in [0.05, 0.1) is 18.5 Å². The van der Waals surface area contributed by atoms with E-state index in [1.165, 1.54) is 0 Å². The molecule has 2 aromatic rings. The number of aromatic nitrogens is 2. The molecule has 0 saturated heterocycles. The number of hydrogen-bond acceptors (Lipinski definition) is 2. The van der Waals surface area contributed by atoms with E-state index >= 15 is 0 Å². The summed E-state index contributed by atoms with van der Waals surface area (Å²) < 4.78 is 1.78. The first kappa shape index (κ1) is 9.47. The SMILES string of the molecule is N#CC(Cn1cccn1)c1ccccc1. The summed E-state index contributed by atoms with van der Waals surface area (Å²) in [6, 6.07) is 13.9. The molecule has 1 aromatic heterocycles. The fourth-order valence-corrected chi connectivity index (χ4v) is 1.50. The molecule has 2 rings (SSSR count). The van der Waals surface area contributed by atoms with Crippen LogP contribution in [0.5, 0.6) is 0 Å². The Morgan fingerprint density at radius 1 is 1.27 bits per heavy atom. The molecule has 15 heavy (non-hydrogen) atoms. The minimum Gasteiger partial charge on any atom is -0.271 e. The number of hydrogen-bond donors (Lipinski definition) is 0. The van der Waals surface area contributed by atoms with Gasteiger partial charge in [-0.15, -0.1) is 0 Å². The lowest BCUT2D eigenvalue weighted by Crippen LogP contribution is -2.07. The maximum absolute atomic E-state index is 9.09. The summed E-state index contributed by atoms with van der Waals surface area (Å²) in [5, 5.41) is 13.2. The normalized spacial score (nSPS) is 11.9. The molecule has 0 aliphatic rings. The fourth-order valence-electron chi connectivity index (χ4n) is 1.50. The van der Waals surface area contributed by atoms with Gasteiger partial charge in [0.15, 0.2) is 0 Å². The quantitative estimate of drug-likeness (QED) is 0.756. The Hall–Kier alpha value is -2.08. The molecule has 3 nitrogen and oxygen atoms in total. The van der Waals surface area contributed by atoms with Gasteiger partial charge in [-0.3, -0.25) is 4.68 Å². The number of benzene rings is 1. The molecule has 0 fully saturated rings. The van der Waals surface area contributed by atoms with Gasteiger partial charge in [-0.1, -0.05) is 30.3 Å². The van der Waals surface area contributed by atoms with Crippen molar-refractivity contribution in [3.8, 4) is 6.07 Å². The summed E-state index contributed by atoms with van der Waals surface area (Å²) in [7, 11) is 0. The van der Waals surface area contributed by atoms with E-state index in [2.05, 4.69) is 11.2 Å². The van der Waals surface area contributed by atoms with Gasteiger partial charge in [-0.2, -0.15) is 10.4 Å². The zero-order chi connectivity index (χ0) is 10.5. The molecule has 1 aromatic carbocycles. The Labute approximate surface area is 88.6 Å². The Bertz CT molecular complexity index is 439. The smallest absolute Gasteiger partial charge is 0.0908 e. The van der Waals surface area contributed by atoms with Crippen LogP contribution >= 0.6 is 0 Å².